The molecule has 3 rings (SSSR count). The van der Waals surface area contributed by atoms with Crippen LogP contribution >= 0.6 is 0 Å². The van der Waals surface area contributed by atoms with Gasteiger partial charge in [0.1, 0.15) is 14.1 Å². The first-order chi connectivity index (χ1) is 12.6. The number of nitrogens with zero attached hydrogens (tertiary/aromatic N) is 2. The zero-order valence-corrected chi connectivity index (χ0v) is 17.2. The van der Waals surface area contributed by atoms with Gasteiger partial charge < -0.3 is 0 Å². The van der Waals surface area contributed by atoms with E-state index in [0.29, 0.717) is 0 Å². The van der Waals surface area contributed by atoms with Gasteiger partial charge in [-0.2, -0.15) is 17.6 Å². The van der Waals surface area contributed by atoms with Crippen molar-refractivity contribution < 1.29 is 22.1 Å². The summed E-state index contributed by atoms with van der Waals surface area (Å²) in [6, 6.07) is 14.7. The third-order valence-electron chi connectivity index (χ3n) is 4.19. The largest absolute Gasteiger partial charge is 0.294 e. The number of hydrogen-bond acceptors (Lipinski definition) is 2. The Morgan fingerprint density at radius 1 is 0.704 bits per heavy atom. The van der Waals surface area contributed by atoms with E-state index >= 15 is 0 Å². The summed E-state index contributed by atoms with van der Waals surface area (Å²) in [5, 5.41) is 0. The molecular weight excluding hydrogens is 360 g/mol. The zero-order valence-electron chi connectivity index (χ0n) is 16.3. The van der Waals surface area contributed by atoms with Gasteiger partial charge in [0.2, 0.25) is 0 Å². The summed E-state index contributed by atoms with van der Waals surface area (Å²) in [7, 11) is 0.141. The molecule has 0 radical (unpaired) electrons. The van der Waals surface area contributed by atoms with Crippen molar-refractivity contribution in [2.45, 2.75) is 25.7 Å². The van der Waals surface area contributed by atoms with Crippen molar-refractivity contribution in [1.82, 2.24) is 0 Å². The summed E-state index contributed by atoms with van der Waals surface area (Å²) in [4.78, 5) is -0.0666. The molecule has 0 aliphatic heterocycles. The van der Waals surface area contributed by atoms with E-state index in [1.807, 2.05) is 6.92 Å². The highest BCUT2D eigenvalue weighted by Gasteiger charge is 2.19. The normalized spacial score (nSPS) is 10.9. The van der Waals surface area contributed by atoms with Gasteiger partial charge in [-0.1, -0.05) is 17.7 Å². The average molecular weight is 387 g/mol. The van der Waals surface area contributed by atoms with Crippen molar-refractivity contribution in [3.05, 3.63) is 77.6 Å². The third-order valence-corrected chi connectivity index (χ3v) is 5.06. The van der Waals surface area contributed by atoms with Gasteiger partial charge in [-0.25, -0.2) is 0 Å². The molecule has 3 aromatic rings. The van der Waals surface area contributed by atoms with Gasteiger partial charge in [-0.3, -0.25) is 4.55 Å². The maximum atomic E-state index is 10.5. The Morgan fingerprint density at radius 3 is 1.48 bits per heavy atom. The summed E-state index contributed by atoms with van der Waals surface area (Å²) < 4.78 is 33.9. The summed E-state index contributed by atoms with van der Waals surface area (Å²) in [5.74, 6) is 0. The molecule has 6 heteroatoms. The minimum atomic E-state index is -4.02. The quantitative estimate of drug-likeness (QED) is 0.544. The third kappa shape index (κ3) is 5.70. The Labute approximate surface area is 161 Å². The second-order valence-corrected chi connectivity index (χ2v) is 8.11. The van der Waals surface area contributed by atoms with Crippen LogP contribution in [0.3, 0.4) is 0 Å². The molecule has 1 N–H and O–H groups in total. The van der Waals surface area contributed by atoms with Gasteiger partial charge in [0.25, 0.3) is 21.5 Å². The van der Waals surface area contributed by atoms with Crippen LogP contribution in [-0.4, -0.2) is 13.0 Å². The van der Waals surface area contributed by atoms with E-state index in [1.165, 1.54) is 34.6 Å². The van der Waals surface area contributed by atoms with Gasteiger partial charge in [-0.15, -0.1) is 0 Å². The molecule has 0 aliphatic rings. The van der Waals surface area contributed by atoms with Crippen LogP contribution in [0.1, 0.15) is 16.7 Å². The molecule has 27 heavy (non-hydrogen) atoms. The van der Waals surface area contributed by atoms with Crippen LogP contribution in [0.25, 0.3) is 11.4 Å². The fourth-order valence-corrected chi connectivity index (χ4v) is 3.05. The Kier molecular flexibility index (Phi) is 6.46. The van der Waals surface area contributed by atoms with E-state index in [1.54, 1.807) is 12.1 Å². The predicted octanol–water partition coefficient (Wildman–Crippen LogP) is 2.86. The van der Waals surface area contributed by atoms with Crippen LogP contribution in [0.5, 0.6) is 0 Å². The Hall–Kier alpha value is -2.57. The number of aromatic nitrogens is 2. The lowest BCUT2D eigenvalue weighted by atomic mass is 10.1. The lowest BCUT2D eigenvalue weighted by molar-refractivity contribution is -0.690. The van der Waals surface area contributed by atoms with Crippen molar-refractivity contribution in [3.63, 3.8) is 0 Å². The van der Waals surface area contributed by atoms with Crippen LogP contribution < -0.4 is 9.13 Å². The second-order valence-electron chi connectivity index (χ2n) is 6.69. The Morgan fingerprint density at radius 2 is 1.11 bits per heavy atom. The molecule has 1 aromatic carbocycles. The summed E-state index contributed by atoms with van der Waals surface area (Å²) in [6.07, 6.45) is 4.21. The number of benzene rings is 1. The molecule has 0 spiro atoms. The number of aryl methyl sites for hydroxylation is 5. The van der Waals surface area contributed by atoms with Crippen LogP contribution in [0.2, 0.25) is 0 Å². The fourth-order valence-electron chi connectivity index (χ4n) is 2.57. The topological polar surface area (TPSA) is 62.1 Å². The first-order valence-corrected chi connectivity index (χ1v) is 9.99. The predicted molar refractivity (Wildman–Crippen MR) is 105 cm³/mol. The van der Waals surface area contributed by atoms with Crippen molar-refractivity contribution in [1.29, 1.82) is 0 Å². The number of hydrogen-bond donors (Lipinski definition) is 1. The summed E-state index contributed by atoms with van der Waals surface area (Å²) in [5.41, 5.74) is 6.01. The molecule has 0 atom stereocenters. The Balaban J connectivity index is 0.000000208. The molecule has 0 amide bonds. The highest BCUT2D eigenvalue weighted by atomic mass is 32.2. The lowest BCUT2D eigenvalue weighted by Crippen LogP contribution is -2.38. The maximum Gasteiger partial charge on any atom is 0.294 e. The number of pyridine rings is 2. The van der Waals surface area contributed by atoms with Crippen molar-refractivity contribution in [2.75, 3.05) is 0 Å². The average Bonchev–Trinajstić information content (AvgIpc) is 2.59. The molecule has 0 aliphatic carbocycles. The zero-order chi connectivity index (χ0) is 20.2. The van der Waals surface area contributed by atoms with Crippen molar-refractivity contribution in [3.8, 4) is 11.4 Å². The van der Waals surface area contributed by atoms with Crippen molar-refractivity contribution >= 4 is 10.1 Å². The smallest absolute Gasteiger partial charge is 0.282 e. The number of rotatable bonds is 2. The molecule has 0 bridgehead atoms. The van der Waals surface area contributed by atoms with Crippen LogP contribution in [0.4, 0.5) is 0 Å². The van der Waals surface area contributed by atoms with Gasteiger partial charge in [-0.05, 0) is 44.0 Å². The van der Waals surface area contributed by atoms with E-state index in [0.717, 1.165) is 5.56 Å². The van der Waals surface area contributed by atoms with E-state index in [9.17, 15) is 8.42 Å². The van der Waals surface area contributed by atoms with Gasteiger partial charge in [0.15, 0.2) is 12.4 Å². The minimum Gasteiger partial charge on any atom is -0.282 e. The fraction of sp³-hybridized carbons (Fsp3) is 0.238. The molecular formula is C21H26N2O3S+2. The monoisotopic (exact) mass is 386 g/mol. The molecule has 2 aromatic heterocycles. The SMILES string of the molecule is Cc1cc[n+](C)c(-c2cc(C)cc[n+]2C)c1.Cc1ccc(S(=O)(=O)O)cc1. The van der Waals surface area contributed by atoms with Crippen LogP contribution in [-0.2, 0) is 24.2 Å². The van der Waals surface area contributed by atoms with Crippen LogP contribution in [0.15, 0.2) is 65.8 Å². The van der Waals surface area contributed by atoms with E-state index < -0.39 is 10.1 Å². The van der Waals surface area contributed by atoms with Gasteiger partial charge >= 0.3 is 0 Å². The summed E-state index contributed by atoms with van der Waals surface area (Å²) in [6.45, 7) is 6.09. The molecule has 142 valence electrons. The second kappa shape index (κ2) is 8.41. The summed E-state index contributed by atoms with van der Waals surface area (Å²) >= 11 is 0. The van der Waals surface area contributed by atoms with Crippen molar-refractivity contribution in [2.24, 2.45) is 14.1 Å². The first-order valence-electron chi connectivity index (χ1n) is 8.55. The minimum absolute atomic E-state index is 0.0666. The Bertz CT molecular complexity index is 994. The molecule has 2 heterocycles. The highest BCUT2D eigenvalue weighted by molar-refractivity contribution is 7.85. The molecule has 0 fully saturated rings. The lowest BCUT2D eigenvalue weighted by Gasteiger charge is -2.01. The molecule has 0 unspecified atom stereocenters. The highest BCUT2D eigenvalue weighted by Crippen LogP contribution is 2.13. The van der Waals surface area contributed by atoms with E-state index in [2.05, 4.69) is 73.7 Å². The molecule has 0 saturated heterocycles. The first kappa shape index (κ1) is 20.7. The molecule has 5 nitrogen and oxygen atoms in total. The van der Waals surface area contributed by atoms with E-state index in [4.69, 9.17) is 4.55 Å². The van der Waals surface area contributed by atoms with Crippen LogP contribution in [0, 0.1) is 20.8 Å². The molecule has 0 saturated carbocycles. The van der Waals surface area contributed by atoms with Gasteiger partial charge in [0.05, 0.1) is 4.90 Å². The standard InChI is InChI=1S/C14H18N2.C7H8O3S/c1-11-5-7-15(3)13(9-11)14-10-12(2)6-8-16(14)4;1-6-2-4-7(5-3-6)11(8,9)10/h5-10H,1-4H3;2-5H,1H3,(H,8,9,10)/q+2;. The van der Waals surface area contributed by atoms with Gasteiger partial charge in [0, 0.05) is 24.3 Å². The maximum absolute atomic E-state index is 10.5. The van der Waals surface area contributed by atoms with E-state index in [-0.39, 0.29) is 4.90 Å².